The van der Waals surface area contributed by atoms with E-state index in [0.29, 0.717) is 44.4 Å². The van der Waals surface area contributed by atoms with Crippen LogP contribution in [0.25, 0.3) is 20.4 Å². The molecule has 2 aliphatic carbocycles. The van der Waals surface area contributed by atoms with Crippen molar-refractivity contribution in [1.29, 1.82) is 0 Å². The van der Waals surface area contributed by atoms with Crippen LogP contribution in [0.3, 0.4) is 0 Å². The third-order valence-corrected chi connectivity index (χ3v) is 15.9. The Balaban J connectivity index is 0.000000157. The number of fused-ring (bicyclic) bond motifs is 6. The van der Waals surface area contributed by atoms with E-state index >= 15 is 0 Å². The maximum atomic E-state index is 12.4. The van der Waals surface area contributed by atoms with Gasteiger partial charge in [0, 0.05) is 91.3 Å². The van der Waals surface area contributed by atoms with Crippen LogP contribution in [-0.2, 0) is 44.9 Å². The second kappa shape index (κ2) is 24.0. The highest BCUT2D eigenvalue weighted by atomic mass is 35.5. The van der Waals surface area contributed by atoms with Gasteiger partial charge in [-0.2, -0.15) is 0 Å². The van der Waals surface area contributed by atoms with Gasteiger partial charge < -0.3 is 39.8 Å². The van der Waals surface area contributed by atoms with Gasteiger partial charge in [0.1, 0.15) is 34.0 Å². The number of carbonyl (C=O) groups excluding carboxylic acids is 2. The number of thiophene rings is 2. The minimum Gasteiger partial charge on any atom is -0.454 e. The maximum absolute atomic E-state index is 12.4. The molecular weight excluding hydrogens is 888 g/mol. The molecule has 4 aliphatic heterocycles. The van der Waals surface area contributed by atoms with Crippen molar-refractivity contribution in [3.63, 3.8) is 0 Å². The predicted molar refractivity (Wildman–Crippen MR) is 258 cm³/mol. The minimum atomic E-state index is -0.721. The van der Waals surface area contributed by atoms with Gasteiger partial charge >= 0.3 is 11.5 Å². The molecule has 2 saturated heterocycles. The molecule has 10 rings (SSSR count). The number of aromatic nitrogens is 4. The van der Waals surface area contributed by atoms with Gasteiger partial charge in [0.25, 0.3) is 0 Å². The average molecular weight is 956 g/mol. The van der Waals surface area contributed by atoms with Crippen molar-refractivity contribution in [2.45, 2.75) is 128 Å². The number of carbonyl (C=O) groups is 2. The number of rotatable bonds is 10. The van der Waals surface area contributed by atoms with Gasteiger partial charge in [-0.15, -0.1) is 22.7 Å². The summed E-state index contributed by atoms with van der Waals surface area (Å²) in [4.78, 5) is 52.5. The molecule has 4 aromatic rings. The molecule has 0 aromatic carbocycles. The third kappa shape index (κ3) is 12.5. The number of anilines is 2. The summed E-state index contributed by atoms with van der Waals surface area (Å²) in [5, 5.41) is 13.4. The van der Waals surface area contributed by atoms with Crippen LogP contribution in [0.2, 0.25) is 0 Å². The van der Waals surface area contributed by atoms with E-state index in [2.05, 4.69) is 50.4 Å². The number of halogens is 1. The molecule has 8 heterocycles. The lowest BCUT2D eigenvalue weighted by Gasteiger charge is -2.39. The Kier molecular flexibility index (Phi) is 17.7. The Morgan fingerprint density at radius 1 is 0.708 bits per heavy atom. The van der Waals surface area contributed by atoms with Crippen LogP contribution in [-0.4, -0.2) is 149 Å². The van der Waals surface area contributed by atoms with Gasteiger partial charge in [-0.05, 0) is 88.2 Å². The molecule has 0 unspecified atom stereocenters. The molecule has 2 saturated carbocycles. The van der Waals surface area contributed by atoms with Crippen molar-refractivity contribution in [2.24, 2.45) is 0 Å². The van der Waals surface area contributed by atoms with Crippen molar-refractivity contribution in [2.75, 3.05) is 89.5 Å². The van der Waals surface area contributed by atoms with Crippen LogP contribution in [0.15, 0.2) is 12.7 Å². The van der Waals surface area contributed by atoms with Crippen LogP contribution in [0.1, 0.15) is 98.9 Å². The second-order valence-electron chi connectivity index (χ2n) is 17.7. The van der Waals surface area contributed by atoms with Crippen molar-refractivity contribution in [3.8, 4) is 0 Å². The van der Waals surface area contributed by atoms with E-state index in [1.54, 1.807) is 24.0 Å². The van der Waals surface area contributed by atoms with E-state index in [1.165, 1.54) is 64.8 Å². The number of nitrogens with zero attached hydrogens (tertiary/aromatic N) is 7. The molecule has 65 heavy (non-hydrogen) atoms. The van der Waals surface area contributed by atoms with E-state index in [-0.39, 0.29) is 6.09 Å². The quantitative estimate of drug-likeness (QED) is 0.132. The second-order valence-corrected chi connectivity index (χ2v) is 20.2. The Hall–Kier alpha value is -3.49. The van der Waals surface area contributed by atoms with Crippen molar-refractivity contribution in [3.05, 3.63) is 33.5 Å². The summed E-state index contributed by atoms with van der Waals surface area (Å²) >= 11 is 8.38. The predicted octanol–water partition coefficient (Wildman–Crippen LogP) is 7.82. The van der Waals surface area contributed by atoms with Crippen molar-refractivity contribution < 1.29 is 28.5 Å². The summed E-state index contributed by atoms with van der Waals surface area (Å²) in [6, 6.07) is 2.37. The summed E-state index contributed by atoms with van der Waals surface area (Å²) in [6.07, 6.45) is 16.5. The smallest absolute Gasteiger partial charge is 0.410 e. The number of nitrogens with one attached hydrogen (secondary N) is 3. The molecule has 4 fully saturated rings. The first-order valence-electron chi connectivity index (χ1n) is 24.0. The first-order chi connectivity index (χ1) is 31.9. The zero-order valence-electron chi connectivity index (χ0n) is 38.1. The minimum absolute atomic E-state index is 0.218. The van der Waals surface area contributed by atoms with E-state index in [1.807, 2.05) is 30.1 Å². The monoisotopic (exact) mass is 954 g/mol. The van der Waals surface area contributed by atoms with E-state index in [0.717, 1.165) is 137 Å². The average Bonchev–Trinajstić information content (AvgIpc) is 3.93. The molecule has 1 amide bonds. The lowest BCUT2D eigenvalue weighted by atomic mass is 9.90. The molecule has 19 heteroatoms. The van der Waals surface area contributed by atoms with Gasteiger partial charge in [-0.3, -0.25) is 9.80 Å². The van der Waals surface area contributed by atoms with Crippen LogP contribution in [0.5, 0.6) is 0 Å². The molecule has 0 radical (unpaired) electrons. The van der Waals surface area contributed by atoms with Crippen LogP contribution >= 0.6 is 34.3 Å². The van der Waals surface area contributed by atoms with Crippen LogP contribution in [0, 0.1) is 0 Å². The van der Waals surface area contributed by atoms with Gasteiger partial charge in [-0.1, -0.05) is 13.8 Å². The molecule has 6 aliphatic rings. The van der Waals surface area contributed by atoms with Gasteiger partial charge in [0.2, 0.25) is 0 Å². The third-order valence-electron chi connectivity index (χ3n) is 13.4. The lowest BCUT2D eigenvalue weighted by Crippen LogP contribution is -2.46. The van der Waals surface area contributed by atoms with Gasteiger partial charge in [-0.25, -0.2) is 29.5 Å². The number of amides is 1. The highest BCUT2D eigenvalue weighted by molar-refractivity contribution is 7.19. The first kappa shape index (κ1) is 48.0. The zero-order chi connectivity index (χ0) is 45.0. The Labute approximate surface area is 395 Å². The Morgan fingerprint density at radius 2 is 1.22 bits per heavy atom. The van der Waals surface area contributed by atoms with Crippen molar-refractivity contribution in [1.82, 2.24) is 40.0 Å². The van der Waals surface area contributed by atoms with Crippen molar-refractivity contribution >= 4 is 77.9 Å². The highest BCUT2D eigenvalue weighted by Gasteiger charge is 2.31. The topological polar surface area (TPSA) is 168 Å². The van der Waals surface area contributed by atoms with Gasteiger partial charge in [0.15, 0.2) is 0 Å². The summed E-state index contributed by atoms with van der Waals surface area (Å²) in [6.45, 7) is 15.9. The Morgan fingerprint density at radius 3 is 1.72 bits per heavy atom. The van der Waals surface area contributed by atoms with Crippen LogP contribution < -0.4 is 16.0 Å². The fourth-order valence-corrected chi connectivity index (χ4v) is 12.4. The summed E-state index contributed by atoms with van der Waals surface area (Å²) in [7, 11) is 0. The standard InChI is InChI=1S/C23H33N5O3S.C19H27N5OS.C4H7ClO2/c1-2-11-31-23(29)28-8-7-19-18(14-28)20-21(24-15-25-22(20)32-19)26-16-3-5-17(6-4-16)27-9-12-30-13-10-27;1-3-14(24-7-9-25-10-8-24)4-2-13(1)23-18-17-15-11-20-6-5-16(15)26-19(17)22-12-21-18;1-2-3-7-4(5)6/h15-17H,2-14H2,1H3,(H,24,25,26);12-14,20H,1-11H2,(H,21,22,23);2-3H2,1H3. The first-order valence-corrected chi connectivity index (χ1v) is 26.0. The molecule has 0 spiro atoms. The zero-order valence-corrected chi connectivity index (χ0v) is 40.5. The Bertz CT molecular complexity index is 2150. The summed E-state index contributed by atoms with van der Waals surface area (Å²) in [5.41, 5.74) is 1.89. The maximum Gasteiger partial charge on any atom is 0.410 e. The lowest BCUT2D eigenvalue weighted by molar-refractivity contribution is 0.00788. The molecule has 0 atom stereocenters. The summed E-state index contributed by atoms with van der Waals surface area (Å²) < 4.78 is 20.7. The number of hydrogen-bond donors (Lipinski definition) is 3. The molecule has 0 bridgehead atoms. The number of morpholine rings is 2. The largest absolute Gasteiger partial charge is 0.454 e. The molecular formula is C46H67ClN10O6S2. The van der Waals surface area contributed by atoms with E-state index in [9.17, 15) is 9.59 Å². The summed E-state index contributed by atoms with van der Waals surface area (Å²) in [5.74, 6) is 1.97. The normalized spacial score (nSPS) is 23.8. The van der Waals surface area contributed by atoms with E-state index in [4.69, 9.17) is 25.8 Å². The molecule has 4 aromatic heterocycles. The van der Waals surface area contributed by atoms with Crippen LogP contribution in [0.4, 0.5) is 21.2 Å². The number of hydrogen-bond acceptors (Lipinski definition) is 17. The highest BCUT2D eigenvalue weighted by Crippen LogP contribution is 2.39. The number of ether oxygens (including phenoxy) is 4. The van der Waals surface area contributed by atoms with E-state index < -0.39 is 5.43 Å². The fourth-order valence-electron chi connectivity index (χ4n) is 10.0. The molecule has 16 nitrogen and oxygen atoms in total. The molecule has 356 valence electrons. The SMILES string of the molecule is CCCOC(=O)Cl.CCCOC(=O)N1CCc2sc3ncnc(NC4CCC(N5CCOCC5)CC4)c3c2C1.c1nc(NC2CCC(N3CCOCC3)CC2)c2c3c(sc2n1)CCNC3. The van der Waals surface area contributed by atoms with Gasteiger partial charge in [0.05, 0.1) is 57.0 Å². The molecule has 3 N–H and O–H groups in total. The fraction of sp³-hybridized carbons (Fsp3) is 0.696.